The van der Waals surface area contributed by atoms with E-state index in [0.717, 1.165) is 18.4 Å². The molecule has 0 spiro atoms. The lowest BCUT2D eigenvalue weighted by atomic mass is 10.1. The highest BCUT2D eigenvalue weighted by molar-refractivity contribution is 5.74. The molecule has 1 aromatic carbocycles. The van der Waals surface area contributed by atoms with E-state index in [4.69, 9.17) is 9.47 Å². The van der Waals surface area contributed by atoms with Gasteiger partial charge in [-0.25, -0.2) is 0 Å². The maximum Gasteiger partial charge on any atom is 0.311 e. The molecular weight excluding hydrogens is 292 g/mol. The molecule has 4 nitrogen and oxygen atoms in total. The largest absolute Gasteiger partial charge is 0.462 e. The van der Waals surface area contributed by atoms with Crippen molar-refractivity contribution in [3.05, 3.63) is 29.8 Å². The Morgan fingerprint density at radius 2 is 1.70 bits per heavy atom. The Labute approximate surface area is 139 Å². The second-order valence-corrected chi connectivity index (χ2v) is 6.12. The van der Waals surface area contributed by atoms with Gasteiger partial charge in [0.15, 0.2) is 0 Å². The summed E-state index contributed by atoms with van der Waals surface area (Å²) in [5, 5.41) is 0. The van der Waals surface area contributed by atoms with Gasteiger partial charge in [-0.3, -0.25) is 9.59 Å². The zero-order valence-electron chi connectivity index (χ0n) is 14.6. The Kier molecular flexibility index (Phi) is 8.38. The fraction of sp³-hybridized carbons (Fsp3) is 0.579. The zero-order valence-corrected chi connectivity index (χ0v) is 14.6. The molecule has 0 aliphatic carbocycles. The van der Waals surface area contributed by atoms with Crippen LogP contribution in [0.25, 0.3) is 0 Å². The van der Waals surface area contributed by atoms with Crippen LogP contribution in [0.5, 0.6) is 5.75 Å². The summed E-state index contributed by atoms with van der Waals surface area (Å²) in [6.07, 6.45) is 2.67. The maximum atomic E-state index is 11.9. The minimum absolute atomic E-state index is 0.102. The van der Waals surface area contributed by atoms with Crippen molar-refractivity contribution in [3.8, 4) is 5.75 Å². The molecule has 0 amide bonds. The van der Waals surface area contributed by atoms with Gasteiger partial charge in [0, 0.05) is 12.8 Å². The van der Waals surface area contributed by atoms with Crippen LogP contribution in [-0.4, -0.2) is 18.0 Å². The smallest absolute Gasteiger partial charge is 0.311 e. The second-order valence-electron chi connectivity index (χ2n) is 6.12. The number of hydrogen-bond acceptors (Lipinski definition) is 4. The van der Waals surface area contributed by atoms with Crippen LogP contribution in [0.4, 0.5) is 0 Å². The second kappa shape index (κ2) is 10.0. The lowest BCUT2D eigenvalue weighted by Gasteiger charge is -2.16. The minimum atomic E-state index is -0.307. The van der Waals surface area contributed by atoms with Crippen LogP contribution in [0.3, 0.4) is 0 Å². The first-order chi connectivity index (χ1) is 10.9. The molecule has 1 aromatic rings. The number of aryl methyl sites for hydroxylation is 1. The van der Waals surface area contributed by atoms with Crippen LogP contribution in [0.1, 0.15) is 58.9 Å². The van der Waals surface area contributed by atoms with Gasteiger partial charge in [-0.05, 0) is 37.3 Å². The predicted octanol–water partition coefficient (Wildman–Crippen LogP) is 4.30. The summed E-state index contributed by atoms with van der Waals surface area (Å²) in [7, 11) is 0. The molecule has 1 unspecified atom stereocenters. The molecular formula is C19H28O4. The average molecular weight is 320 g/mol. The summed E-state index contributed by atoms with van der Waals surface area (Å²) in [5.74, 6) is 0.345. The number of esters is 2. The van der Waals surface area contributed by atoms with Crippen molar-refractivity contribution in [1.29, 1.82) is 0 Å². The molecule has 0 N–H and O–H groups in total. The minimum Gasteiger partial charge on any atom is -0.462 e. The summed E-state index contributed by atoms with van der Waals surface area (Å²) in [5.41, 5.74) is 1.04. The van der Waals surface area contributed by atoms with Gasteiger partial charge in [-0.15, -0.1) is 0 Å². The topological polar surface area (TPSA) is 52.6 Å². The summed E-state index contributed by atoms with van der Waals surface area (Å²) in [4.78, 5) is 23.6. The lowest BCUT2D eigenvalue weighted by Crippen LogP contribution is -2.20. The molecule has 1 rings (SSSR count). The summed E-state index contributed by atoms with van der Waals surface area (Å²) >= 11 is 0. The van der Waals surface area contributed by atoms with E-state index in [9.17, 15) is 9.59 Å². The first-order valence-electron chi connectivity index (χ1n) is 8.42. The van der Waals surface area contributed by atoms with Crippen LogP contribution in [-0.2, 0) is 20.7 Å². The number of benzene rings is 1. The summed E-state index contributed by atoms with van der Waals surface area (Å²) < 4.78 is 10.7. The van der Waals surface area contributed by atoms with Crippen molar-refractivity contribution in [3.63, 3.8) is 0 Å². The van der Waals surface area contributed by atoms with E-state index >= 15 is 0 Å². The highest BCUT2D eigenvalue weighted by atomic mass is 16.5. The van der Waals surface area contributed by atoms with Crippen molar-refractivity contribution >= 4 is 11.9 Å². The van der Waals surface area contributed by atoms with E-state index in [-0.39, 0.29) is 30.9 Å². The quantitative estimate of drug-likeness (QED) is 0.503. The van der Waals surface area contributed by atoms with Crippen molar-refractivity contribution in [2.45, 2.75) is 65.9 Å². The zero-order chi connectivity index (χ0) is 17.2. The molecule has 0 bridgehead atoms. The van der Waals surface area contributed by atoms with Crippen molar-refractivity contribution in [2.24, 2.45) is 5.92 Å². The van der Waals surface area contributed by atoms with E-state index < -0.39 is 0 Å². The van der Waals surface area contributed by atoms with Gasteiger partial charge in [0.2, 0.25) is 0 Å². The van der Waals surface area contributed by atoms with Gasteiger partial charge in [0.25, 0.3) is 0 Å². The van der Waals surface area contributed by atoms with Gasteiger partial charge < -0.3 is 9.47 Å². The van der Waals surface area contributed by atoms with Gasteiger partial charge in [0.05, 0.1) is 0 Å². The molecule has 0 radical (unpaired) electrons. The van der Waals surface area contributed by atoms with Crippen LogP contribution < -0.4 is 4.74 Å². The number of ether oxygens (including phenoxy) is 2. The third-order valence-electron chi connectivity index (χ3n) is 3.73. The van der Waals surface area contributed by atoms with E-state index in [0.29, 0.717) is 18.1 Å². The van der Waals surface area contributed by atoms with E-state index in [2.05, 4.69) is 6.92 Å². The van der Waals surface area contributed by atoms with Crippen LogP contribution in [0, 0.1) is 5.92 Å². The van der Waals surface area contributed by atoms with Crippen LogP contribution in [0.15, 0.2) is 24.3 Å². The molecule has 0 heterocycles. The Hall–Kier alpha value is -1.84. The fourth-order valence-corrected chi connectivity index (χ4v) is 2.03. The third-order valence-corrected chi connectivity index (χ3v) is 3.73. The first kappa shape index (κ1) is 19.2. The summed E-state index contributed by atoms with van der Waals surface area (Å²) in [6, 6.07) is 7.57. The van der Waals surface area contributed by atoms with Crippen molar-refractivity contribution in [2.75, 3.05) is 0 Å². The Balaban J connectivity index is 2.36. The third kappa shape index (κ3) is 7.31. The van der Waals surface area contributed by atoms with Crippen molar-refractivity contribution < 1.29 is 19.1 Å². The SMILES string of the molecule is CCCc1ccccc1OC(=O)CCCC(=O)OC(C)C(C)C. The number of carbonyl (C=O) groups excluding carboxylic acids is 2. The monoisotopic (exact) mass is 320 g/mol. The average Bonchev–Trinajstić information content (AvgIpc) is 2.49. The van der Waals surface area contributed by atoms with E-state index in [1.54, 1.807) is 0 Å². The number of para-hydroxylation sites is 1. The molecule has 0 saturated carbocycles. The Bertz CT molecular complexity index is 508. The van der Waals surface area contributed by atoms with Gasteiger partial charge >= 0.3 is 11.9 Å². The van der Waals surface area contributed by atoms with Crippen molar-refractivity contribution in [1.82, 2.24) is 0 Å². The highest BCUT2D eigenvalue weighted by Gasteiger charge is 2.14. The molecule has 0 aliphatic rings. The van der Waals surface area contributed by atoms with Crippen LogP contribution in [0.2, 0.25) is 0 Å². The first-order valence-corrected chi connectivity index (χ1v) is 8.42. The molecule has 0 aliphatic heterocycles. The van der Waals surface area contributed by atoms with E-state index in [1.807, 2.05) is 45.0 Å². The normalized spacial score (nSPS) is 12.0. The predicted molar refractivity (Wildman–Crippen MR) is 90.3 cm³/mol. The van der Waals surface area contributed by atoms with Gasteiger partial charge in [-0.2, -0.15) is 0 Å². The molecule has 0 fully saturated rings. The van der Waals surface area contributed by atoms with E-state index in [1.165, 1.54) is 0 Å². The molecule has 1 atom stereocenters. The molecule has 23 heavy (non-hydrogen) atoms. The Morgan fingerprint density at radius 3 is 2.35 bits per heavy atom. The van der Waals surface area contributed by atoms with Gasteiger partial charge in [0.1, 0.15) is 11.9 Å². The van der Waals surface area contributed by atoms with Crippen LogP contribution >= 0.6 is 0 Å². The maximum absolute atomic E-state index is 11.9. The van der Waals surface area contributed by atoms with Gasteiger partial charge in [-0.1, -0.05) is 45.4 Å². The number of rotatable bonds is 9. The fourth-order valence-electron chi connectivity index (χ4n) is 2.03. The molecule has 0 saturated heterocycles. The lowest BCUT2D eigenvalue weighted by molar-refractivity contribution is -0.150. The number of hydrogen-bond donors (Lipinski definition) is 0. The number of carbonyl (C=O) groups is 2. The Morgan fingerprint density at radius 1 is 1.04 bits per heavy atom. The highest BCUT2D eigenvalue weighted by Crippen LogP contribution is 2.20. The molecule has 4 heteroatoms. The molecule has 0 aromatic heterocycles. The summed E-state index contributed by atoms with van der Waals surface area (Å²) in [6.45, 7) is 7.97. The molecule has 128 valence electrons. The standard InChI is InChI=1S/C19H28O4/c1-5-9-16-10-6-7-11-17(16)23-19(21)13-8-12-18(20)22-15(4)14(2)3/h6-7,10-11,14-15H,5,8-9,12-13H2,1-4H3.